The molecule has 0 radical (unpaired) electrons. The number of carbonyl (C=O) groups excluding carboxylic acids is 1. The SMILES string of the molecule is CCNC(=NCCCOc1ccccc1C)NCCC(=O)N(CC)CC. The molecule has 6 nitrogen and oxygen atoms in total. The number of para-hydroxylation sites is 1. The molecule has 146 valence electrons. The predicted octanol–water partition coefficient (Wildman–Crippen LogP) is 2.58. The number of carbonyl (C=O) groups is 1. The van der Waals surface area contributed by atoms with Crippen molar-refractivity contribution in [1.82, 2.24) is 15.5 Å². The van der Waals surface area contributed by atoms with E-state index in [4.69, 9.17) is 4.74 Å². The Kier molecular flexibility index (Phi) is 10.9. The Balaban J connectivity index is 2.32. The van der Waals surface area contributed by atoms with E-state index in [1.807, 2.05) is 56.9 Å². The van der Waals surface area contributed by atoms with Gasteiger partial charge in [-0.2, -0.15) is 0 Å². The Morgan fingerprint density at radius 1 is 1.15 bits per heavy atom. The second-order valence-corrected chi connectivity index (χ2v) is 5.97. The highest BCUT2D eigenvalue weighted by Gasteiger charge is 2.09. The van der Waals surface area contributed by atoms with Gasteiger partial charge in [-0.25, -0.2) is 0 Å². The molecule has 2 N–H and O–H groups in total. The number of guanidine groups is 1. The normalized spacial score (nSPS) is 11.2. The second-order valence-electron chi connectivity index (χ2n) is 5.97. The van der Waals surface area contributed by atoms with E-state index in [-0.39, 0.29) is 5.91 Å². The molecule has 0 aliphatic carbocycles. The van der Waals surface area contributed by atoms with Crippen molar-refractivity contribution >= 4 is 11.9 Å². The van der Waals surface area contributed by atoms with Crippen LogP contribution in [0.2, 0.25) is 0 Å². The molecule has 1 amide bonds. The molecule has 0 aliphatic heterocycles. The summed E-state index contributed by atoms with van der Waals surface area (Å²) in [5.74, 6) is 1.84. The zero-order valence-electron chi connectivity index (χ0n) is 16.7. The van der Waals surface area contributed by atoms with Gasteiger partial charge in [-0.1, -0.05) is 18.2 Å². The van der Waals surface area contributed by atoms with Crippen LogP contribution in [0.25, 0.3) is 0 Å². The lowest BCUT2D eigenvalue weighted by Crippen LogP contribution is -2.40. The Labute approximate surface area is 158 Å². The standard InChI is InChI=1S/C20H34N4O2/c1-5-21-20(23-15-13-19(25)24(6-2)7-3)22-14-10-16-26-18-12-9-8-11-17(18)4/h8-9,11-12H,5-7,10,13-16H2,1-4H3,(H2,21,22,23). The number of rotatable bonds is 11. The molecular weight excluding hydrogens is 328 g/mol. The van der Waals surface area contributed by atoms with E-state index in [1.165, 1.54) is 0 Å². The summed E-state index contributed by atoms with van der Waals surface area (Å²) in [7, 11) is 0. The smallest absolute Gasteiger partial charge is 0.224 e. The molecule has 0 saturated heterocycles. The Morgan fingerprint density at radius 3 is 2.54 bits per heavy atom. The van der Waals surface area contributed by atoms with Gasteiger partial charge in [0.25, 0.3) is 0 Å². The van der Waals surface area contributed by atoms with Crippen LogP contribution >= 0.6 is 0 Å². The first-order valence-electron chi connectivity index (χ1n) is 9.60. The van der Waals surface area contributed by atoms with Gasteiger partial charge in [0.1, 0.15) is 5.75 Å². The predicted molar refractivity (Wildman–Crippen MR) is 108 cm³/mol. The lowest BCUT2D eigenvalue weighted by molar-refractivity contribution is -0.130. The van der Waals surface area contributed by atoms with Crippen LogP contribution in [0.4, 0.5) is 0 Å². The van der Waals surface area contributed by atoms with Gasteiger partial charge in [0.05, 0.1) is 6.61 Å². The van der Waals surface area contributed by atoms with E-state index in [2.05, 4.69) is 15.6 Å². The number of amides is 1. The second kappa shape index (κ2) is 13.0. The molecule has 1 rings (SSSR count). The first-order chi connectivity index (χ1) is 12.6. The number of nitrogens with zero attached hydrogens (tertiary/aromatic N) is 2. The molecule has 0 spiro atoms. The number of nitrogens with one attached hydrogen (secondary N) is 2. The van der Waals surface area contributed by atoms with Crippen molar-refractivity contribution < 1.29 is 9.53 Å². The van der Waals surface area contributed by atoms with Crippen molar-refractivity contribution in [2.45, 2.75) is 40.5 Å². The van der Waals surface area contributed by atoms with Gasteiger partial charge in [0.2, 0.25) is 5.91 Å². The molecule has 0 bridgehead atoms. The molecule has 0 heterocycles. The minimum absolute atomic E-state index is 0.171. The number of benzene rings is 1. The first kappa shape index (κ1) is 21.8. The van der Waals surface area contributed by atoms with Crippen LogP contribution in [0.1, 0.15) is 39.2 Å². The van der Waals surface area contributed by atoms with Gasteiger partial charge in [-0.3, -0.25) is 9.79 Å². The molecular formula is C20H34N4O2. The van der Waals surface area contributed by atoms with Gasteiger partial charge in [-0.05, 0) is 39.3 Å². The van der Waals surface area contributed by atoms with E-state index < -0.39 is 0 Å². The molecule has 6 heteroatoms. The van der Waals surface area contributed by atoms with Gasteiger partial charge in [-0.15, -0.1) is 0 Å². The largest absolute Gasteiger partial charge is 0.493 e. The third-order valence-electron chi connectivity index (χ3n) is 4.02. The fourth-order valence-electron chi connectivity index (χ4n) is 2.52. The third kappa shape index (κ3) is 8.23. The minimum atomic E-state index is 0.171. The van der Waals surface area contributed by atoms with Crippen molar-refractivity contribution in [2.75, 3.05) is 39.3 Å². The summed E-state index contributed by atoms with van der Waals surface area (Å²) < 4.78 is 5.78. The maximum Gasteiger partial charge on any atom is 0.224 e. The number of hydrogen-bond donors (Lipinski definition) is 2. The van der Waals surface area contributed by atoms with Crippen molar-refractivity contribution in [3.05, 3.63) is 29.8 Å². The zero-order valence-corrected chi connectivity index (χ0v) is 16.7. The van der Waals surface area contributed by atoms with E-state index >= 15 is 0 Å². The highest BCUT2D eigenvalue weighted by atomic mass is 16.5. The van der Waals surface area contributed by atoms with Crippen molar-refractivity contribution in [2.24, 2.45) is 4.99 Å². The van der Waals surface area contributed by atoms with E-state index in [1.54, 1.807) is 0 Å². The maximum absolute atomic E-state index is 12.0. The summed E-state index contributed by atoms with van der Waals surface area (Å²) in [5, 5.41) is 6.43. The zero-order chi connectivity index (χ0) is 19.2. The number of ether oxygens (including phenoxy) is 1. The van der Waals surface area contributed by atoms with Gasteiger partial charge < -0.3 is 20.3 Å². The summed E-state index contributed by atoms with van der Waals surface area (Å²) >= 11 is 0. The molecule has 0 atom stereocenters. The summed E-state index contributed by atoms with van der Waals surface area (Å²) in [5.41, 5.74) is 1.14. The van der Waals surface area contributed by atoms with Crippen molar-refractivity contribution in [1.29, 1.82) is 0 Å². The van der Waals surface area contributed by atoms with Crippen LogP contribution in [0.15, 0.2) is 29.3 Å². The number of aliphatic imine (C=N–C) groups is 1. The van der Waals surface area contributed by atoms with E-state index in [0.717, 1.165) is 43.3 Å². The Bertz CT molecular complexity index is 556. The topological polar surface area (TPSA) is 66.0 Å². The molecule has 26 heavy (non-hydrogen) atoms. The minimum Gasteiger partial charge on any atom is -0.493 e. The summed E-state index contributed by atoms with van der Waals surface area (Å²) in [6, 6.07) is 8.01. The van der Waals surface area contributed by atoms with Crippen LogP contribution in [-0.4, -0.2) is 56.1 Å². The van der Waals surface area contributed by atoms with Crippen LogP contribution < -0.4 is 15.4 Å². The van der Waals surface area contributed by atoms with Gasteiger partial charge >= 0.3 is 0 Å². The fourth-order valence-corrected chi connectivity index (χ4v) is 2.52. The average Bonchev–Trinajstić information content (AvgIpc) is 2.64. The Morgan fingerprint density at radius 2 is 1.88 bits per heavy atom. The summed E-state index contributed by atoms with van der Waals surface area (Å²) in [6.45, 7) is 12.3. The average molecular weight is 363 g/mol. The number of hydrogen-bond acceptors (Lipinski definition) is 3. The molecule has 1 aromatic rings. The highest BCUT2D eigenvalue weighted by Crippen LogP contribution is 2.16. The van der Waals surface area contributed by atoms with Crippen LogP contribution in [0.3, 0.4) is 0 Å². The van der Waals surface area contributed by atoms with Crippen LogP contribution in [0.5, 0.6) is 5.75 Å². The monoisotopic (exact) mass is 362 g/mol. The molecule has 0 unspecified atom stereocenters. The van der Waals surface area contributed by atoms with Gasteiger partial charge in [0.15, 0.2) is 5.96 Å². The lowest BCUT2D eigenvalue weighted by Gasteiger charge is -2.19. The van der Waals surface area contributed by atoms with Crippen LogP contribution in [-0.2, 0) is 4.79 Å². The first-order valence-corrected chi connectivity index (χ1v) is 9.60. The van der Waals surface area contributed by atoms with Crippen molar-refractivity contribution in [3.63, 3.8) is 0 Å². The molecule has 0 saturated carbocycles. The molecule has 0 aromatic heterocycles. The molecule has 0 aliphatic rings. The van der Waals surface area contributed by atoms with Gasteiger partial charge in [0, 0.05) is 45.6 Å². The van der Waals surface area contributed by atoms with Crippen LogP contribution in [0, 0.1) is 6.92 Å². The van der Waals surface area contributed by atoms with Crippen molar-refractivity contribution in [3.8, 4) is 5.75 Å². The molecule has 1 aromatic carbocycles. The summed E-state index contributed by atoms with van der Waals surface area (Å²) in [4.78, 5) is 18.4. The maximum atomic E-state index is 12.0. The lowest BCUT2D eigenvalue weighted by atomic mass is 10.2. The fraction of sp³-hybridized carbons (Fsp3) is 0.600. The van der Waals surface area contributed by atoms with E-state index in [0.29, 0.717) is 26.1 Å². The van der Waals surface area contributed by atoms with E-state index in [9.17, 15) is 4.79 Å². The molecule has 0 fully saturated rings. The summed E-state index contributed by atoms with van der Waals surface area (Å²) in [6.07, 6.45) is 1.31. The quantitative estimate of drug-likeness (QED) is 0.361. The highest BCUT2D eigenvalue weighted by molar-refractivity contribution is 5.81. The number of aryl methyl sites for hydroxylation is 1. The Hall–Kier alpha value is -2.24. The third-order valence-corrected chi connectivity index (χ3v) is 4.02.